The fourth-order valence-corrected chi connectivity index (χ4v) is 2.18. The molecule has 0 aliphatic rings. The first kappa shape index (κ1) is 41.9. The van der Waals surface area contributed by atoms with E-state index < -0.39 is 39.5 Å². The van der Waals surface area contributed by atoms with Crippen molar-refractivity contribution in [2.75, 3.05) is 23.5 Å². The number of benzene rings is 2. The van der Waals surface area contributed by atoms with E-state index in [1.165, 1.54) is 18.2 Å². The van der Waals surface area contributed by atoms with Crippen LogP contribution in [0, 0.1) is 10.1 Å². The number of hydrogen-bond acceptors (Lipinski definition) is 10. The van der Waals surface area contributed by atoms with Gasteiger partial charge in [-0.05, 0) is 59.7 Å². The number of carbonyl (C=O) groups is 2. The molecule has 0 spiro atoms. The molecule has 0 saturated heterocycles. The van der Waals surface area contributed by atoms with Gasteiger partial charge in [0.2, 0.25) is 0 Å². The Hall–Kier alpha value is -2.55. The van der Waals surface area contributed by atoms with E-state index in [4.69, 9.17) is 50.6 Å². The number of amides is 2. The van der Waals surface area contributed by atoms with E-state index in [0.29, 0.717) is 11.4 Å². The molecule has 0 aromatic heterocycles. The minimum atomic E-state index is -1.33. The number of rotatable bonds is 3. The van der Waals surface area contributed by atoms with Crippen molar-refractivity contribution in [1.82, 2.24) is 0 Å². The molecule has 0 fully saturated rings. The van der Waals surface area contributed by atoms with Crippen LogP contribution in [0.2, 0.25) is 0 Å². The molecule has 231 valence electrons. The van der Waals surface area contributed by atoms with Gasteiger partial charge in [0, 0.05) is 13.2 Å². The van der Waals surface area contributed by atoms with Gasteiger partial charge in [0.25, 0.3) is 5.69 Å². The number of hydrogen-bond donors (Lipinski definition) is 6. The molecule has 2 aromatic rings. The Labute approximate surface area is 251 Å². The van der Waals surface area contributed by atoms with Gasteiger partial charge in [-0.2, -0.15) is 0 Å². The summed E-state index contributed by atoms with van der Waals surface area (Å²) in [5.74, 6) is 8.00. The van der Waals surface area contributed by atoms with Gasteiger partial charge in [-0.25, -0.2) is 9.59 Å². The Morgan fingerprint density at radius 2 is 1.15 bits per heavy atom. The van der Waals surface area contributed by atoms with E-state index in [0.717, 1.165) is 7.11 Å². The second-order valence-electron chi connectivity index (χ2n) is 8.77. The third-order valence-corrected chi connectivity index (χ3v) is 3.33. The average molecular weight is 673 g/mol. The third-order valence-electron chi connectivity index (χ3n) is 3.33. The van der Waals surface area contributed by atoms with E-state index in [-0.39, 0.29) is 11.4 Å². The van der Waals surface area contributed by atoms with Gasteiger partial charge in [-0.1, -0.05) is 24.3 Å². The summed E-state index contributed by atoms with van der Waals surface area (Å²) < 4.78 is 10.1. The van der Waals surface area contributed by atoms with Gasteiger partial charge < -0.3 is 20.3 Å². The number of halogens is 3. The van der Waals surface area contributed by atoms with E-state index >= 15 is 0 Å². The second kappa shape index (κ2) is 22.2. The van der Waals surface area contributed by atoms with Gasteiger partial charge >= 0.3 is 53.6 Å². The monoisotopic (exact) mass is 671 g/mol. The van der Waals surface area contributed by atoms with Crippen molar-refractivity contribution in [3.63, 3.8) is 0 Å². The van der Waals surface area contributed by atoms with Gasteiger partial charge in [0.05, 0.1) is 16.3 Å². The number of nitrogen functional groups attached to an aromatic ring is 1. The Balaban J connectivity index is -0.000000546. The van der Waals surface area contributed by atoms with Crippen LogP contribution in [-0.2, 0) is 20.6 Å². The second-order valence-corrected chi connectivity index (χ2v) is 14.2. The normalized spacial score (nSPS) is 10.1. The molecule has 0 heterocycles. The molecule has 0 aliphatic heterocycles. The van der Waals surface area contributed by atoms with Crippen molar-refractivity contribution in [3.05, 3.63) is 58.6 Å². The molecule has 2 amide bonds. The molecule has 9 N–H and O–H groups in total. The zero-order valence-electron chi connectivity index (χ0n) is 23.2. The number of nitrogens with zero attached hydrogens (tertiary/aromatic N) is 1. The number of nitrogens with two attached hydrogens (primary N) is 3. The van der Waals surface area contributed by atoms with Crippen LogP contribution in [0.4, 0.5) is 32.3 Å². The number of aliphatic hydroxyl groups is 1. The standard InChI is InChI=1S/C11H14N2O4.C11H16N2O2.CH4O.3ClH.Fe.H4N2/c1-11(2,3)17-10(14)12-8-6-4-5-7-9(8)13(15)16;1-11(2,3)15-10(14)13-9-7-5-4-6-8(9)12;1-2;;;;;1-2/h4-7H,1-3H3,(H,12,14);4-7H,12H2,1-3H3,(H,13,14);2H,1H3;3*1H;;1-2H2/q;;;;;;+3;/p-3. The molecule has 0 atom stereocenters. The summed E-state index contributed by atoms with van der Waals surface area (Å²) >= 11 is -1.33. The van der Waals surface area contributed by atoms with Crippen molar-refractivity contribution in [2.45, 2.75) is 52.7 Å². The van der Waals surface area contributed by atoms with E-state index in [2.05, 4.69) is 22.3 Å². The first-order valence-corrected chi connectivity index (χ1v) is 15.5. The molecule has 13 nitrogen and oxygen atoms in total. The van der Waals surface area contributed by atoms with Crippen LogP contribution in [-0.4, -0.2) is 40.5 Å². The molecule has 0 unspecified atom stereocenters. The van der Waals surface area contributed by atoms with Crippen LogP contribution in [0.25, 0.3) is 0 Å². The van der Waals surface area contributed by atoms with Gasteiger partial charge in [-0.15, -0.1) is 0 Å². The zero-order chi connectivity index (χ0) is 32.1. The number of anilines is 3. The first-order valence-electron chi connectivity index (χ1n) is 10.9. The van der Waals surface area contributed by atoms with Crippen LogP contribution < -0.4 is 28.1 Å². The summed E-state index contributed by atoms with van der Waals surface area (Å²) in [7, 11) is 15.7. The number of ether oxygens (including phenoxy) is 2. The van der Waals surface area contributed by atoms with Crippen LogP contribution in [0.15, 0.2) is 48.5 Å². The maximum atomic E-state index is 11.4. The summed E-state index contributed by atoms with van der Waals surface area (Å²) in [6.45, 7) is 10.6. The SMILES string of the molecule is CC(C)(C)OC(=O)Nc1ccccc1N.CC(C)(C)OC(=O)Nc1ccccc1[N+](=O)[O-].CO.NN.[Cl][Fe]([Cl])[Cl]. The van der Waals surface area contributed by atoms with Gasteiger partial charge in [0.15, 0.2) is 0 Å². The third kappa shape index (κ3) is 24.5. The Morgan fingerprint density at radius 1 is 0.825 bits per heavy atom. The molecule has 2 aromatic carbocycles. The number of nitro benzene ring substituents is 1. The van der Waals surface area contributed by atoms with Crippen LogP contribution in [0.1, 0.15) is 41.5 Å². The quantitative estimate of drug-likeness (QED) is 0.0729. The van der Waals surface area contributed by atoms with Crippen molar-refractivity contribution in [1.29, 1.82) is 0 Å². The van der Waals surface area contributed by atoms with Crippen molar-refractivity contribution in [2.24, 2.45) is 11.7 Å². The predicted molar refractivity (Wildman–Crippen MR) is 158 cm³/mol. The number of nitro groups is 1. The Kier molecular flexibility index (Phi) is 23.2. The molecule has 0 radical (unpaired) electrons. The van der Waals surface area contributed by atoms with Crippen molar-refractivity contribution < 1.29 is 40.3 Å². The summed E-state index contributed by atoms with van der Waals surface area (Å²) in [6, 6.07) is 12.9. The minimum absolute atomic E-state index is 0.117. The number of nitrogens with one attached hydrogen (secondary N) is 2. The number of para-hydroxylation sites is 4. The van der Waals surface area contributed by atoms with E-state index in [9.17, 15) is 19.7 Å². The number of carbonyl (C=O) groups excluding carboxylic acids is 2. The molecule has 0 saturated carbocycles. The fraction of sp³-hybridized carbons (Fsp3) is 0.391. The van der Waals surface area contributed by atoms with Crippen LogP contribution in [0.3, 0.4) is 0 Å². The topological polar surface area (TPSA) is 218 Å². The Morgan fingerprint density at radius 3 is 1.50 bits per heavy atom. The molecular formula is C23H38Cl3FeN6O7. The summed E-state index contributed by atoms with van der Waals surface area (Å²) in [4.78, 5) is 33.0. The first-order chi connectivity index (χ1) is 18.4. The van der Waals surface area contributed by atoms with E-state index in [1.54, 1.807) is 71.9 Å². The Bertz CT molecular complexity index is 1020. The van der Waals surface area contributed by atoms with Crippen molar-refractivity contribution >= 4 is 65.2 Å². The molecule has 2 rings (SSSR count). The predicted octanol–water partition coefficient (Wildman–Crippen LogP) is 6.05. The maximum absolute atomic E-state index is 11.4. The summed E-state index contributed by atoms with van der Waals surface area (Å²) in [5, 5.41) is 22.6. The van der Waals surface area contributed by atoms with Crippen molar-refractivity contribution in [3.8, 4) is 0 Å². The van der Waals surface area contributed by atoms with Crippen LogP contribution >= 0.6 is 30.3 Å². The zero-order valence-corrected chi connectivity index (χ0v) is 26.6. The van der Waals surface area contributed by atoms with E-state index in [1.807, 2.05) is 0 Å². The summed E-state index contributed by atoms with van der Waals surface area (Å²) in [6.07, 6.45) is -1.22. The van der Waals surface area contributed by atoms with Gasteiger partial charge in [0.1, 0.15) is 16.9 Å². The molecule has 40 heavy (non-hydrogen) atoms. The molecular weight excluding hydrogens is 634 g/mol. The number of hydrazine groups is 1. The van der Waals surface area contributed by atoms with Crippen LogP contribution in [0.5, 0.6) is 0 Å². The summed E-state index contributed by atoms with van der Waals surface area (Å²) in [5.41, 5.74) is 5.54. The fourth-order valence-electron chi connectivity index (χ4n) is 2.18. The molecule has 17 heteroatoms. The van der Waals surface area contributed by atoms with Gasteiger partial charge in [-0.3, -0.25) is 32.4 Å². The number of aliphatic hydroxyl groups excluding tert-OH is 1. The molecule has 0 aliphatic carbocycles. The molecule has 0 bridgehead atoms. The average Bonchev–Trinajstić information content (AvgIpc) is 2.81.